The summed E-state index contributed by atoms with van der Waals surface area (Å²) in [7, 11) is 0. The zero-order valence-corrected chi connectivity index (χ0v) is 20.3. The minimum Gasteiger partial charge on any atom is -0.419 e. The number of nitro groups is 1. The molecule has 4 rings (SSSR count). The van der Waals surface area contributed by atoms with Crippen LogP contribution in [-0.2, 0) is 6.54 Å². The normalized spacial score (nSPS) is 12.4. The van der Waals surface area contributed by atoms with Crippen LogP contribution in [0.1, 0.15) is 48.3 Å². The number of unbranched alkanes of at least 4 members (excludes halogenated alkanes) is 1. The lowest BCUT2D eigenvalue weighted by atomic mass is 10.2. The molecule has 0 saturated carbocycles. The highest BCUT2D eigenvalue weighted by Gasteiger charge is 2.22. The monoisotopic (exact) mass is 485 g/mol. The van der Waals surface area contributed by atoms with E-state index in [0.717, 1.165) is 28.1 Å². The molecular formula is C22H23N5O4S2. The van der Waals surface area contributed by atoms with Gasteiger partial charge in [0.1, 0.15) is 4.83 Å². The van der Waals surface area contributed by atoms with Crippen molar-refractivity contribution in [3.63, 3.8) is 0 Å². The van der Waals surface area contributed by atoms with Crippen LogP contribution in [0.15, 0.2) is 38.6 Å². The number of thioether (sulfide) groups is 1. The van der Waals surface area contributed by atoms with Gasteiger partial charge in [0.15, 0.2) is 5.16 Å². The van der Waals surface area contributed by atoms with Crippen LogP contribution >= 0.6 is 23.1 Å². The van der Waals surface area contributed by atoms with Crippen molar-refractivity contribution in [3.8, 4) is 11.5 Å². The van der Waals surface area contributed by atoms with Crippen LogP contribution in [0.3, 0.4) is 0 Å². The second kappa shape index (κ2) is 9.44. The Morgan fingerprint density at radius 1 is 1.24 bits per heavy atom. The Labute approximate surface area is 198 Å². The second-order valence-electron chi connectivity index (χ2n) is 7.68. The highest BCUT2D eigenvalue weighted by molar-refractivity contribution is 7.99. The molecule has 0 aliphatic carbocycles. The molecule has 0 spiro atoms. The van der Waals surface area contributed by atoms with E-state index >= 15 is 0 Å². The Morgan fingerprint density at radius 2 is 1.97 bits per heavy atom. The molecule has 1 unspecified atom stereocenters. The van der Waals surface area contributed by atoms with E-state index in [1.807, 2.05) is 20.8 Å². The maximum Gasteiger partial charge on any atom is 0.269 e. The molecule has 4 aromatic rings. The maximum absolute atomic E-state index is 13.3. The predicted octanol–water partition coefficient (Wildman–Crippen LogP) is 5.69. The molecule has 3 heterocycles. The van der Waals surface area contributed by atoms with E-state index in [2.05, 4.69) is 17.1 Å². The van der Waals surface area contributed by atoms with Gasteiger partial charge in [-0.2, -0.15) is 0 Å². The van der Waals surface area contributed by atoms with Crippen molar-refractivity contribution in [2.24, 2.45) is 0 Å². The van der Waals surface area contributed by atoms with Gasteiger partial charge in [-0.15, -0.1) is 21.5 Å². The summed E-state index contributed by atoms with van der Waals surface area (Å²) in [6, 6.07) is 5.95. The molecule has 1 aromatic carbocycles. The average Bonchev–Trinajstić information content (AvgIpc) is 3.39. The molecule has 0 amide bonds. The van der Waals surface area contributed by atoms with Gasteiger partial charge in [0.2, 0.25) is 11.8 Å². The fourth-order valence-electron chi connectivity index (χ4n) is 3.36. The first kappa shape index (κ1) is 23.1. The van der Waals surface area contributed by atoms with E-state index in [1.165, 1.54) is 35.2 Å². The van der Waals surface area contributed by atoms with Crippen LogP contribution in [0.2, 0.25) is 0 Å². The average molecular weight is 486 g/mol. The van der Waals surface area contributed by atoms with Crippen molar-refractivity contribution in [1.29, 1.82) is 0 Å². The number of non-ortho nitro benzene ring substituents is 1. The Kier molecular flexibility index (Phi) is 6.61. The molecule has 0 N–H and O–H groups in total. The summed E-state index contributed by atoms with van der Waals surface area (Å²) in [5, 5.41) is 20.2. The van der Waals surface area contributed by atoms with Gasteiger partial charge in [0.05, 0.1) is 15.6 Å². The highest BCUT2D eigenvalue weighted by atomic mass is 32.2. The molecule has 0 radical (unpaired) electrons. The molecule has 172 valence electrons. The van der Waals surface area contributed by atoms with Crippen molar-refractivity contribution >= 4 is 39.0 Å². The van der Waals surface area contributed by atoms with Gasteiger partial charge in [0.25, 0.3) is 11.2 Å². The number of aromatic nitrogens is 4. The maximum atomic E-state index is 13.3. The van der Waals surface area contributed by atoms with Crippen LogP contribution in [0.4, 0.5) is 5.69 Å². The topological polar surface area (TPSA) is 117 Å². The number of benzene rings is 1. The zero-order chi connectivity index (χ0) is 23.7. The summed E-state index contributed by atoms with van der Waals surface area (Å²) in [6.45, 7) is 8.58. The summed E-state index contributed by atoms with van der Waals surface area (Å²) in [4.78, 5) is 30.3. The number of nitrogens with zero attached hydrogens (tertiary/aromatic N) is 5. The van der Waals surface area contributed by atoms with Crippen LogP contribution in [0.5, 0.6) is 0 Å². The van der Waals surface area contributed by atoms with Gasteiger partial charge in [0, 0.05) is 29.1 Å². The molecular weight excluding hydrogens is 462 g/mol. The van der Waals surface area contributed by atoms with Crippen LogP contribution in [0, 0.1) is 24.0 Å². The van der Waals surface area contributed by atoms with Gasteiger partial charge in [-0.25, -0.2) is 4.98 Å². The third kappa shape index (κ3) is 4.55. The number of thiophene rings is 1. The first-order valence-corrected chi connectivity index (χ1v) is 12.2. The summed E-state index contributed by atoms with van der Waals surface area (Å²) in [5.41, 5.74) is 1.57. The number of fused-ring (bicyclic) bond motifs is 1. The summed E-state index contributed by atoms with van der Waals surface area (Å²) < 4.78 is 7.59. The molecule has 0 saturated heterocycles. The number of hydrogen-bond donors (Lipinski definition) is 0. The SMILES string of the molecule is CCCCn1c(SC(C)c2nnc(-c3ccc([N+](=O)[O-])cc3)o2)nc2sc(C)c(C)c2c1=O. The highest BCUT2D eigenvalue weighted by Crippen LogP contribution is 2.36. The predicted molar refractivity (Wildman–Crippen MR) is 129 cm³/mol. The molecule has 33 heavy (non-hydrogen) atoms. The lowest BCUT2D eigenvalue weighted by molar-refractivity contribution is -0.384. The molecule has 0 fully saturated rings. The fraction of sp³-hybridized carbons (Fsp3) is 0.364. The van der Waals surface area contributed by atoms with Crippen molar-refractivity contribution in [2.45, 2.75) is 57.5 Å². The Morgan fingerprint density at radius 3 is 2.64 bits per heavy atom. The summed E-state index contributed by atoms with van der Waals surface area (Å²) in [6.07, 6.45) is 1.84. The van der Waals surface area contributed by atoms with Gasteiger partial charge >= 0.3 is 0 Å². The first-order chi connectivity index (χ1) is 15.8. The van der Waals surface area contributed by atoms with Gasteiger partial charge in [-0.05, 0) is 44.9 Å². The van der Waals surface area contributed by atoms with E-state index in [0.29, 0.717) is 28.5 Å². The van der Waals surface area contributed by atoms with Crippen molar-refractivity contribution in [2.75, 3.05) is 0 Å². The van der Waals surface area contributed by atoms with E-state index in [4.69, 9.17) is 9.40 Å². The van der Waals surface area contributed by atoms with Gasteiger partial charge < -0.3 is 4.42 Å². The number of rotatable bonds is 8. The number of nitro benzene ring substituents is 1. The minimum absolute atomic E-state index is 0.00650. The van der Waals surface area contributed by atoms with Crippen molar-refractivity contribution in [1.82, 2.24) is 19.7 Å². The van der Waals surface area contributed by atoms with E-state index in [-0.39, 0.29) is 22.4 Å². The standard InChI is InChI=1S/C22H23N5O4S2/c1-5-6-11-26-21(28)17-12(2)13(3)32-20(17)23-22(26)33-14(4)18-24-25-19(31-18)15-7-9-16(10-8-15)27(29)30/h7-10,14H,5-6,11H2,1-4H3. The third-order valence-corrected chi connectivity index (χ3v) is 7.56. The fourth-order valence-corrected chi connectivity index (χ4v) is 5.40. The molecule has 3 aromatic heterocycles. The van der Waals surface area contributed by atoms with E-state index in [1.54, 1.807) is 16.7 Å². The smallest absolute Gasteiger partial charge is 0.269 e. The third-order valence-electron chi connectivity index (χ3n) is 5.38. The molecule has 0 aliphatic rings. The summed E-state index contributed by atoms with van der Waals surface area (Å²) in [5.74, 6) is 0.673. The zero-order valence-electron chi connectivity index (χ0n) is 18.7. The van der Waals surface area contributed by atoms with E-state index in [9.17, 15) is 14.9 Å². The van der Waals surface area contributed by atoms with Crippen LogP contribution in [-0.4, -0.2) is 24.7 Å². The largest absolute Gasteiger partial charge is 0.419 e. The molecule has 1 atom stereocenters. The molecule has 9 nitrogen and oxygen atoms in total. The Hall–Kier alpha value is -3.05. The summed E-state index contributed by atoms with van der Waals surface area (Å²) >= 11 is 2.94. The Bertz CT molecular complexity index is 1370. The van der Waals surface area contributed by atoms with Gasteiger partial charge in [-0.1, -0.05) is 25.1 Å². The van der Waals surface area contributed by atoms with Crippen molar-refractivity contribution in [3.05, 3.63) is 61.1 Å². The minimum atomic E-state index is -0.458. The van der Waals surface area contributed by atoms with Crippen LogP contribution < -0.4 is 5.56 Å². The van der Waals surface area contributed by atoms with Crippen molar-refractivity contribution < 1.29 is 9.34 Å². The molecule has 11 heteroatoms. The molecule has 0 bridgehead atoms. The van der Waals surface area contributed by atoms with E-state index < -0.39 is 4.92 Å². The second-order valence-corrected chi connectivity index (χ2v) is 10.2. The first-order valence-electron chi connectivity index (χ1n) is 10.6. The van der Waals surface area contributed by atoms with Gasteiger partial charge in [-0.3, -0.25) is 19.5 Å². The Balaban J connectivity index is 1.64. The number of aryl methyl sites for hydroxylation is 2. The molecule has 0 aliphatic heterocycles. The lowest BCUT2D eigenvalue weighted by Gasteiger charge is -2.13. The quantitative estimate of drug-likeness (QED) is 0.135. The lowest BCUT2D eigenvalue weighted by Crippen LogP contribution is -2.23. The van der Waals surface area contributed by atoms with Crippen LogP contribution in [0.25, 0.3) is 21.7 Å². The number of hydrogen-bond acceptors (Lipinski definition) is 9.